The van der Waals surface area contributed by atoms with Gasteiger partial charge in [0, 0.05) is 11.9 Å². The fourth-order valence-corrected chi connectivity index (χ4v) is 1.70. The van der Waals surface area contributed by atoms with Crippen LogP contribution in [-0.4, -0.2) is 31.3 Å². The van der Waals surface area contributed by atoms with Gasteiger partial charge in [-0.25, -0.2) is 8.42 Å². The molecular formula is C11H15NO4S. The first kappa shape index (κ1) is 13.7. The van der Waals surface area contributed by atoms with Crippen LogP contribution in [0.25, 0.3) is 0 Å². The first-order valence-corrected chi connectivity index (χ1v) is 6.84. The zero-order valence-corrected chi connectivity index (χ0v) is 10.7. The van der Waals surface area contributed by atoms with Crippen molar-refractivity contribution in [2.24, 2.45) is 0 Å². The Hall–Kier alpha value is -1.40. The number of nitrogens with one attached hydrogen (secondary N) is 1. The van der Waals surface area contributed by atoms with E-state index in [9.17, 15) is 18.3 Å². The van der Waals surface area contributed by atoms with Gasteiger partial charge in [0.25, 0.3) is 5.91 Å². The number of benzene rings is 1. The normalized spacial score (nSPS) is 12.2. The highest BCUT2D eigenvalue weighted by molar-refractivity contribution is 7.90. The molecule has 2 N–H and O–H groups in total. The Morgan fingerprint density at radius 3 is 2.06 bits per heavy atom. The quantitative estimate of drug-likeness (QED) is 0.839. The maximum Gasteiger partial charge on any atom is 0.255 e. The molecule has 0 aliphatic carbocycles. The largest absolute Gasteiger partial charge is 0.381 e. The molecule has 1 rings (SSSR count). The molecule has 0 spiro atoms. The van der Waals surface area contributed by atoms with Gasteiger partial charge in [0.15, 0.2) is 9.84 Å². The molecule has 0 aliphatic rings. The summed E-state index contributed by atoms with van der Waals surface area (Å²) in [6.45, 7) is 2.74. The first-order valence-electron chi connectivity index (χ1n) is 4.94. The van der Waals surface area contributed by atoms with Crippen molar-refractivity contribution in [3.05, 3.63) is 24.3 Å². The van der Waals surface area contributed by atoms with E-state index >= 15 is 0 Å². The van der Waals surface area contributed by atoms with E-state index in [4.69, 9.17) is 0 Å². The summed E-state index contributed by atoms with van der Waals surface area (Å²) < 4.78 is 22.4. The highest BCUT2D eigenvalue weighted by Gasteiger charge is 2.23. The second kappa shape index (κ2) is 4.46. The minimum atomic E-state index is -3.24. The Labute approximate surface area is 100 Å². The van der Waals surface area contributed by atoms with E-state index in [1.54, 1.807) is 0 Å². The molecule has 94 valence electrons. The van der Waals surface area contributed by atoms with E-state index in [0.717, 1.165) is 6.26 Å². The van der Waals surface area contributed by atoms with Crippen molar-refractivity contribution < 1.29 is 18.3 Å². The number of amides is 1. The predicted octanol–water partition coefficient (Wildman–Crippen LogP) is 0.800. The second-order valence-electron chi connectivity index (χ2n) is 4.31. The molecule has 1 amide bonds. The molecule has 0 unspecified atom stereocenters. The van der Waals surface area contributed by atoms with E-state index in [2.05, 4.69) is 5.32 Å². The minimum Gasteiger partial charge on any atom is -0.381 e. The smallest absolute Gasteiger partial charge is 0.255 e. The molecule has 0 radical (unpaired) electrons. The van der Waals surface area contributed by atoms with Crippen LogP contribution in [0.2, 0.25) is 0 Å². The molecule has 0 saturated carbocycles. The molecule has 0 atom stereocenters. The Morgan fingerprint density at radius 2 is 1.71 bits per heavy atom. The molecule has 0 saturated heterocycles. The Bertz CT molecular complexity index is 511. The molecule has 1 aromatic rings. The lowest BCUT2D eigenvalue weighted by atomic mass is 10.1. The van der Waals surface area contributed by atoms with Crippen molar-refractivity contribution in [2.45, 2.75) is 24.3 Å². The van der Waals surface area contributed by atoms with Gasteiger partial charge in [-0.05, 0) is 38.1 Å². The van der Waals surface area contributed by atoms with Gasteiger partial charge in [0.2, 0.25) is 0 Å². The molecule has 17 heavy (non-hydrogen) atoms. The average molecular weight is 257 g/mol. The summed E-state index contributed by atoms with van der Waals surface area (Å²) >= 11 is 0. The topological polar surface area (TPSA) is 83.5 Å². The third kappa shape index (κ3) is 3.83. The third-order valence-corrected chi connectivity index (χ3v) is 3.22. The highest BCUT2D eigenvalue weighted by atomic mass is 32.2. The van der Waals surface area contributed by atoms with Crippen LogP contribution in [0.1, 0.15) is 13.8 Å². The van der Waals surface area contributed by atoms with Gasteiger partial charge >= 0.3 is 0 Å². The molecule has 0 bridgehead atoms. The maximum atomic E-state index is 11.4. The van der Waals surface area contributed by atoms with E-state index in [1.807, 2.05) is 0 Å². The van der Waals surface area contributed by atoms with Crippen LogP contribution in [0.5, 0.6) is 0 Å². The molecule has 1 aromatic carbocycles. The van der Waals surface area contributed by atoms with Crippen molar-refractivity contribution in [2.75, 3.05) is 11.6 Å². The lowest BCUT2D eigenvalue weighted by molar-refractivity contribution is -0.130. The van der Waals surface area contributed by atoms with Crippen LogP contribution in [0.4, 0.5) is 5.69 Å². The molecule has 0 heterocycles. The monoisotopic (exact) mass is 257 g/mol. The number of hydrogen-bond acceptors (Lipinski definition) is 4. The predicted molar refractivity (Wildman–Crippen MR) is 64.5 cm³/mol. The van der Waals surface area contributed by atoms with Crippen LogP contribution in [-0.2, 0) is 14.6 Å². The standard InChI is InChI=1S/C11H15NO4S/c1-11(2,14)10(13)12-8-4-6-9(7-5-8)17(3,15)16/h4-7,14H,1-3H3,(H,12,13). The van der Waals surface area contributed by atoms with Gasteiger partial charge < -0.3 is 10.4 Å². The number of rotatable bonds is 3. The third-order valence-electron chi connectivity index (χ3n) is 2.10. The van der Waals surface area contributed by atoms with E-state index in [1.165, 1.54) is 38.1 Å². The number of carbonyl (C=O) groups excluding carboxylic acids is 1. The summed E-state index contributed by atoms with van der Waals surface area (Å²) in [7, 11) is -3.24. The summed E-state index contributed by atoms with van der Waals surface area (Å²) in [4.78, 5) is 11.6. The SMILES string of the molecule is CC(C)(O)C(=O)Nc1ccc(S(C)(=O)=O)cc1. The van der Waals surface area contributed by atoms with Gasteiger partial charge in [-0.1, -0.05) is 0 Å². The van der Waals surface area contributed by atoms with Crippen molar-refractivity contribution in [3.8, 4) is 0 Å². The van der Waals surface area contributed by atoms with Crippen LogP contribution < -0.4 is 5.32 Å². The van der Waals surface area contributed by atoms with Crippen LogP contribution in [0.15, 0.2) is 29.2 Å². The van der Waals surface area contributed by atoms with E-state index < -0.39 is 21.3 Å². The van der Waals surface area contributed by atoms with Gasteiger partial charge in [-0.3, -0.25) is 4.79 Å². The Balaban J connectivity index is 2.87. The fourth-order valence-electron chi connectivity index (χ4n) is 1.07. The number of carbonyl (C=O) groups is 1. The van der Waals surface area contributed by atoms with Crippen molar-refractivity contribution >= 4 is 21.4 Å². The average Bonchev–Trinajstić information content (AvgIpc) is 2.15. The van der Waals surface area contributed by atoms with E-state index in [-0.39, 0.29) is 4.90 Å². The fraction of sp³-hybridized carbons (Fsp3) is 0.364. The Morgan fingerprint density at radius 1 is 1.24 bits per heavy atom. The summed E-state index contributed by atoms with van der Waals surface area (Å²) in [6.07, 6.45) is 1.11. The van der Waals surface area contributed by atoms with Gasteiger partial charge in [-0.15, -0.1) is 0 Å². The zero-order valence-electron chi connectivity index (χ0n) is 9.89. The van der Waals surface area contributed by atoms with Gasteiger partial charge in [0.05, 0.1) is 4.90 Å². The van der Waals surface area contributed by atoms with Gasteiger partial charge in [-0.2, -0.15) is 0 Å². The highest BCUT2D eigenvalue weighted by Crippen LogP contribution is 2.15. The summed E-state index contributed by atoms with van der Waals surface area (Å²) in [5.41, 5.74) is -1.04. The number of hydrogen-bond donors (Lipinski definition) is 2. The van der Waals surface area contributed by atoms with Crippen LogP contribution >= 0.6 is 0 Å². The molecule has 5 nitrogen and oxygen atoms in total. The minimum absolute atomic E-state index is 0.179. The van der Waals surface area contributed by atoms with Crippen molar-refractivity contribution in [3.63, 3.8) is 0 Å². The lowest BCUT2D eigenvalue weighted by Crippen LogP contribution is -2.36. The molecule has 0 aliphatic heterocycles. The zero-order chi connectivity index (χ0) is 13.3. The second-order valence-corrected chi connectivity index (χ2v) is 6.33. The molecule has 0 aromatic heterocycles. The van der Waals surface area contributed by atoms with Crippen LogP contribution in [0.3, 0.4) is 0 Å². The molecule has 6 heteroatoms. The van der Waals surface area contributed by atoms with Crippen molar-refractivity contribution in [1.82, 2.24) is 0 Å². The maximum absolute atomic E-state index is 11.4. The summed E-state index contributed by atoms with van der Waals surface area (Å²) in [5, 5.41) is 11.9. The van der Waals surface area contributed by atoms with Gasteiger partial charge in [0.1, 0.15) is 5.60 Å². The number of anilines is 1. The lowest BCUT2D eigenvalue weighted by Gasteiger charge is -2.16. The van der Waals surface area contributed by atoms with Crippen LogP contribution in [0, 0.1) is 0 Å². The summed E-state index contributed by atoms with van der Waals surface area (Å²) in [5.74, 6) is -0.551. The number of sulfone groups is 1. The number of aliphatic hydroxyl groups is 1. The Kier molecular flexibility index (Phi) is 3.59. The van der Waals surface area contributed by atoms with Crippen molar-refractivity contribution in [1.29, 1.82) is 0 Å². The summed E-state index contributed by atoms with van der Waals surface area (Å²) in [6, 6.07) is 5.74. The first-order chi connectivity index (χ1) is 7.60. The molecular weight excluding hydrogens is 242 g/mol. The molecule has 0 fully saturated rings. The van der Waals surface area contributed by atoms with E-state index in [0.29, 0.717) is 5.69 Å².